The van der Waals surface area contributed by atoms with E-state index < -0.39 is 6.10 Å². The van der Waals surface area contributed by atoms with Crippen LogP contribution in [-0.2, 0) is 6.54 Å². The number of rotatable bonds is 6. The van der Waals surface area contributed by atoms with Gasteiger partial charge in [0, 0.05) is 6.54 Å². The van der Waals surface area contributed by atoms with Gasteiger partial charge in [-0.05, 0) is 37.6 Å². The smallest absolute Gasteiger partial charge is 0.123 e. The number of pyridine rings is 1. The molecule has 2 aromatic heterocycles. The largest absolute Gasteiger partial charge is 0.467 e. The third kappa shape index (κ3) is 3.35. The number of aliphatic hydroxyl groups is 1. The van der Waals surface area contributed by atoms with E-state index in [-0.39, 0.29) is 0 Å². The van der Waals surface area contributed by atoms with Crippen LogP contribution in [0, 0.1) is 0 Å². The molecule has 0 fully saturated rings. The molecule has 0 spiro atoms. The van der Waals surface area contributed by atoms with Crippen LogP contribution in [0.4, 0.5) is 5.69 Å². The van der Waals surface area contributed by atoms with E-state index in [9.17, 15) is 5.11 Å². The number of anilines is 1. The zero-order chi connectivity index (χ0) is 13.7. The Kier molecular flexibility index (Phi) is 4.58. The Balaban J connectivity index is 2.10. The van der Waals surface area contributed by atoms with E-state index in [0.717, 1.165) is 30.2 Å². The molecule has 4 heteroatoms. The molecule has 19 heavy (non-hydrogen) atoms. The summed E-state index contributed by atoms with van der Waals surface area (Å²) in [5.74, 6) is 0.930. The van der Waals surface area contributed by atoms with Gasteiger partial charge in [0.2, 0.25) is 0 Å². The zero-order valence-electron chi connectivity index (χ0n) is 11.4. The second-order valence-electron chi connectivity index (χ2n) is 4.46. The fourth-order valence-electron chi connectivity index (χ4n) is 1.97. The topological polar surface area (TPSA) is 49.5 Å². The summed E-state index contributed by atoms with van der Waals surface area (Å²) in [6, 6.07) is 7.73. The highest BCUT2D eigenvalue weighted by atomic mass is 16.3. The minimum Gasteiger partial charge on any atom is -0.467 e. The van der Waals surface area contributed by atoms with Crippen LogP contribution in [0.25, 0.3) is 0 Å². The van der Waals surface area contributed by atoms with Crippen molar-refractivity contribution in [1.82, 2.24) is 4.98 Å². The van der Waals surface area contributed by atoms with Gasteiger partial charge >= 0.3 is 0 Å². The van der Waals surface area contributed by atoms with Gasteiger partial charge in [0.15, 0.2) is 0 Å². The molecule has 0 aliphatic rings. The Hall–Kier alpha value is -1.81. The number of furan rings is 1. The monoisotopic (exact) mass is 260 g/mol. The summed E-state index contributed by atoms with van der Waals surface area (Å²) >= 11 is 0. The quantitative estimate of drug-likeness (QED) is 0.866. The highest BCUT2D eigenvalue weighted by Crippen LogP contribution is 2.20. The maximum atomic E-state index is 9.73. The molecule has 0 unspecified atom stereocenters. The summed E-state index contributed by atoms with van der Waals surface area (Å²) in [4.78, 5) is 6.50. The molecule has 102 valence electrons. The molecule has 0 amide bonds. The summed E-state index contributed by atoms with van der Waals surface area (Å²) in [6.07, 6.45) is 3.69. The van der Waals surface area contributed by atoms with Crippen LogP contribution < -0.4 is 4.90 Å². The zero-order valence-corrected chi connectivity index (χ0v) is 11.4. The van der Waals surface area contributed by atoms with Crippen LogP contribution >= 0.6 is 0 Å². The predicted octanol–water partition coefficient (Wildman–Crippen LogP) is 3.14. The highest BCUT2D eigenvalue weighted by molar-refractivity contribution is 5.44. The first-order valence-corrected chi connectivity index (χ1v) is 6.66. The highest BCUT2D eigenvalue weighted by Gasteiger charge is 2.10. The van der Waals surface area contributed by atoms with Gasteiger partial charge in [-0.1, -0.05) is 6.92 Å². The Bertz CT molecular complexity index is 479. The third-order valence-electron chi connectivity index (χ3n) is 3.17. The Morgan fingerprint density at radius 1 is 1.32 bits per heavy atom. The molecule has 1 atom stereocenters. The number of aliphatic hydroxyl groups excluding tert-OH is 1. The summed E-state index contributed by atoms with van der Waals surface area (Å²) in [6.45, 7) is 5.63. The number of nitrogens with zero attached hydrogens (tertiary/aromatic N) is 2. The Morgan fingerprint density at radius 3 is 2.68 bits per heavy atom. The lowest BCUT2D eigenvalue weighted by Gasteiger charge is -2.22. The van der Waals surface area contributed by atoms with Gasteiger partial charge in [-0.2, -0.15) is 0 Å². The van der Waals surface area contributed by atoms with E-state index in [2.05, 4.69) is 16.8 Å². The molecule has 1 N–H and O–H groups in total. The molecule has 0 bridgehead atoms. The molecular weight excluding hydrogens is 240 g/mol. The van der Waals surface area contributed by atoms with Gasteiger partial charge in [-0.15, -0.1) is 0 Å². The van der Waals surface area contributed by atoms with Crippen molar-refractivity contribution in [3.63, 3.8) is 0 Å². The van der Waals surface area contributed by atoms with Crippen LogP contribution in [-0.4, -0.2) is 16.6 Å². The third-order valence-corrected chi connectivity index (χ3v) is 3.17. The van der Waals surface area contributed by atoms with Crippen molar-refractivity contribution in [3.05, 3.63) is 48.2 Å². The fourth-order valence-corrected chi connectivity index (χ4v) is 1.97. The molecule has 2 rings (SSSR count). The lowest BCUT2D eigenvalue weighted by molar-refractivity contribution is 0.169. The minimum atomic E-state index is -0.478. The first-order valence-electron chi connectivity index (χ1n) is 6.66. The Morgan fingerprint density at radius 2 is 2.16 bits per heavy atom. The summed E-state index contributed by atoms with van der Waals surface area (Å²) in [5, 5.41) is 9.73. The van der Waals surface area contributed by atoms with E-state index >= 15 is 0 Å². The van der Waals surface area contributed by atoms with Crippen molar-refractivity contribution in [3.8, 4) is 0 Å². The molecule has 0 saturated heterocycles. The van der Waals surface area contributed by atoms with Crippen LogP contribution in [0.5, 0.6) is 0 Å². The standard InChI is InChI=1S/C15H20N2O2/c1-3-15(18)14-8-7-12(10-16-14)17(4-2)11-13-6-5-9-19-13/h5-10,15,18H,3-4,11H2,1-2H3/t15-/m0/s1. The average Bonchev–Trinajstić information content (AvgIpc) is 2.97. The molecule has 2 heterocycles. The molecule has 0 aromatic carbocycles. The maximum Gasteiger partial charge on any atom is 0.123 e. The lowest BCUT2D eigenvalue weighted by atomic mass is 10.2. The average molecular weight is 260 g/mol. The van der Waals surface area contributed by atoms with E-state index in [1.165, 1.54) is 0 Å². The van der Waals surface area contributed by atoms with Crippen LogP contribution in [0.15, 0.2) is 41.1 Å². The van der Waals surface area contributed by atoms with Crippen molar-refractivity contribution in [1.29, 1.82) is 0 Å². The SMILES string of the molecule is CC[C@H](O)c1ccc(N(CC)Cc2ccco2)cn1. The summed E-state index contributed by atoms with van der Waals surface area (Å²) in [7, 11) is 0. The van der Waals surface area contributed by atoms with Crippen LogP contribution in [0.2, 0.25) is 0 Å². The maximum absolute atomic E-state index is 9.73. The van der Waals surface area contributed by atoms with Crippen LogP contribution in [0.1, 0.15) is 37.8 Å². The molecule has 0 radical (unpaired) electrons. The van der Waals surface area contributed by atoms with Crippen molar-refractivity contribution >= 4 is 5.69 Å². The Labute approximate surface area is 113 Å². The normalized spacial score (nSPS) is 12.4. The number of aromatic nitrogens is 1. The second kappa shape index (κ2) is 6.38. The van der Waals surface area contributed by atoms with Gasteiger partial charge in [-0.25, -0.2) is 0 Å². The first-order chi connectivity index (χ1) is 9.24. The van der Waals surface area contributed by atoms with Gasteiger partial charge in [-0.3, -0.25) is 4.98 Å². The minimum absolute atomic E-state index is 0.478. The van der Waals surface area contributed by atoms with Crippen molar-refractivity contribution in [2.24, 2.45) is 0 Å². The van der Waals surface area contributed by atoms with Gasteiger partial charge in [0.05, 0.1) is 36.5 Å². The summed E-state index contributed by atoms with van der Waals surface area (Å²) in [5.41, 5.74) is 1.76. The van der Waals surface area contributed by atoms with E-state index in [1.54, 1.807) is 12.5 Å². The second-order valence-corrected chi connectivity index (χ2v) is 4.46. The van der Waals surface area contributed by atoms with Crippen LogP contribution in [0.3, 0.4) is 0 Å². The molecule has 4 nitrogen and oxygen atoms in total. The molecular formula is C15H20N2O2. The summed E-state index contributed by atoms with van der Waals surface area (Å²) < 4.78 is 5.36. The molecule has 0 aliphatic carbocycles. The first kappa shape index (κ1) is 13.6. The number of hydrogen-bond donors (Lipinski definition) is 1. The fraction of sp³-hybridized carbons (Fsp3) is 0.400. The number of hydrogen-bond acceptors (Lipinski definition) is 4. The van der Waals surface area contributed by atoms with Crippen molar-refractivity contribution in [2.45, 2.75) is 32.9 Å². The van der Waals surface area contributed by atoms with Gasteiger partial charge in [0.25, 0.3) is 0 Å². The molecule has 0 saturated carbocycles. The lowest BCUT2D eigenvalue weighted by Crippen LogP contribution is -2.21. The van der Waals surface area contributed by atoms with E-state index in [4.69, 9.17) is 4.42 Å². The molecule has 0 aliphatic heterocycles. The molecule has 2 aromatic rings. The van der Waals surface area contributed by atoms with Gasteiger partial charge < -0.3 is 14.4 Å². The van der Waals surface area contributed by atoms with Crippen molar-refractivity contribution in [2.75, 3.05) is 11.4 Å². The van der Waals surface area contributed by atoms with E-state index in [0.29, 0.717) is 6.42 Å². The van der Waals surface area contributed by atoms with E-state index in [1.807, 2.05) is 31.2 Å². The predicted molar refractivity (Wildman–Crippen MR) is 74.9 cm³/mol. The van der Waals surface area contributed by atoms with Crippen molar-refractivity contribution < 1.29 is 9.52 Å². The van der Waals surface area contributed by atoms with Gasteiger partial charge in [0.1, 0.15) is 5.76 Å².